The Morgan fingerprint density at radius 2 is 2.12 bits per heavy atom. The Labute approximate surface area is 97.4 Å². The molecule has 2 rings (SSSR count). The van der Waals surface area contributed by atoms with Gasteiger partial charge in [0.05, 0.1) is 0 Å². The van der Waals surface area contributed by atoms with Crippen LogP contribution in [0.3, 0.4) is 0 Å². The molecular formula is C13H12O4. The molecule has 0 spiro atoms. The third-order valence-corrected chi connectivity index (χ3v) is 2.64. The molecule has 0 fully saturated rings. The molecule has 2 aromatic rings. The number of benzene rings is 1. The summed E-state index contributed by atoms with van der Waals surface area (Å²) >= 11 is 0. The second-order valence-electron chi connectivity index (χ2n) is 3.84. The zero-order valence-corrected chi connectivity index (χ0v) is 9.36. The first kappa shape index (κ1) is 11.3. The molecule has 4 heteroatoms. The van der Waals surface area contributed by atoms with E-state index >= 15 is 0 Å². The summed E-state index contributed by atoms with van der Waals surface area (Å²) in [5.74, 6) is -0.502. The maximum absolute atomic E-state index is 11.3. The third kappa shape index (κ3) is 1.78. The molecule has 0 aliphatic rings. The Bertz CT molecular complexity index is 652. The summed E-state index contributed by atoms with van der Waals surface area (Å²) in [5, 5.41) is 20.0. The van der Waals surface area contributed by atoms with Crippen LogP contribution in [-0.2, 0) is 6.42 Å². The predicted molar refractivity (Wildman–Crippen MR) is 64.5 cm³/mol. The normalized spacial score (nSPS) is 10.6. The number of aryl methyl sites for hydroxylation is 1. The molecule has 0 saturated heterocycles. The van der Waals surface area contributed by atoms with Gasteiger partial charge in [-0.3, -0.25) is 0 Å². The molecule has 2 N–H and O–H groups in total. The highest BCUT2D eigenvalue weighted by molar-refractivity contribution is 5.87. The minimum Gasteiger partial charge on any atom is -0.504 e. The topological polar surface area (TPSA) is 70.7 Å². The fourth-order valence-corrected chi connectivity index (χ4v) is 1.82. The third-order valence-electron chi connectivity index (χ3n) is 2.64. The number of phenols is 2. The van der Waals surface area contributed by atoms with Gasteiger partial charge in [-0.1, -0.05) is 6.08 Å². The number of aromatic hydroxyl groups is 2. The predicted octanol–water partition coefficient (Wildman–Crippen LogP) is 2.24. The van der Waals surface area contributed by atoms with E-state index in [-0.39, 0.29) is 11.5 Å². The van der Waals surface area contributed by atoms with Crippen LogP contribution in [0.4, 0.5) is 0 Å². The lowest BCUT2D eigenvalue weighted by Gasteiger charge is -2.09. The molecule has 1 aromatic heterocycles. The Morgan fingerprint density at radius 3 is 2.76 bits per heavy atom. The SMILES string of the molecule is C=CCc1c(O)c(O)cc2c(C)cc(=O)oc12. The summed E-state index contributed by atoms with van der Waals surface area (Å²) in [6, 6.07) is 2.73. The fraction of sp³-hybridized carbons (Fsp3) is 0.154. The van der Waals surface area contributed by atoms with E-state index < -0.39 is 5.63 Å². The van der Waals surface area contributed by atoms with E-state index in [9.17, 15) is 15.0 Å². The van der Waals surface area contributed by atoms with Gasteiger partial charge in [0.15, 0.2) is 11.5 Å². The molecule has 0 atom stereocenters. The lowest BCUT2D eigenvalue weighted by atomic mass is 10.0. The molecule has 0 bridgehead atoms. The maximum Gasteiger partial charge on any atom is 0.336 e. The largest absolute Gasteiger partial charge is 0.504 e. The van der Waals surface area contributed by atoms with Gasteiger partial charge in [-0.15, -0.1) is 6.58 Å². The number of rotatable bonds is 2. The maximum atomic E-state index is 11.3. The van der Waals surface area contributed by atoms with Crippen molar-refractivity contribution in [3.63, 3.8) is 0 Å². The Morgan fingerprint density at radius 1 is 1.41 bits per heavy atom. The van der Waals surface area contributed by atoms with Crippen LogP contribution in [0.5, 0.6) is 11.5 Å². The molecule has 0 aliphatic carbocycles. The second-order valence-corrected chi connectivity index (χ2v) is 3.84. The van der Waals surface area contributed by atoms with E-state index in [0.29, 0.717) is 28.5 Å². The van der Waals surface area contributed by atoms with Gasteiger partial charge in [0.25, 0.3) is 0 Å². The number of hydrogen-bond donors (Lipinski definition) is 2. The van der Waals surface area contributed by atoms with Crippen LogP contribution in [0.15, 0.2) is 34.0 Å². The lowest BCUT2D eigenvalue weighted by molar-refractivity contribution is 0.399. The number of phenolic OH excluding ortho intramolecular Hbond substituents is 2. The van der Waals surface area contributed by atoms with Gasteiger partial charge in [-0.2, -0.15) is 0 Å². The summed E-state index contributed by atoms with van der Waals surface area (Å²) in [6.07, 6.45) is 1.87. The Balaban J connectivity index is 2.97. The van der Waals surface area contributed by atoms with Gasteiger partial charge in [0.2, 0.25) is 0 Å². The number of hydrogen-bond acceptors (Lipinski definition) is 4. The van der Waals surface area contributed by atoms with Crippen molar-refractivity contribution in [2.75, 3.05) is 0 Å². The molecule has 1 heterocycles. The first-order valence-electron chi connectivity index (χ1n) is 5.13. The van der Waals surface area contributed by atoms with Crippen molar-refractivity contribution < 1.29 is 14.6 Å². The fourth-order valence-electron chi connectivity index (χ4n) is 1.82. The molecule has 4 nitrogen and oxygen atoms in total. The quantitative estimate of drug-likeness (QED) is 0.473. The summed E-state index contributed by atoms with van der Waals surface area (Å²) in [6.45, 7) is 5.31. The highest BCUT2D eigenvalue weighted by Gasteiger charge is 2.15. The van der Waals surface area contributed by atoms with Crippen molar-refractivity contribution in [1.82, 2.24) is 0 Å². The van der Waals surface area contributed by atoms with E-state index in [0.717, 1.165) is 0 Å². The van der Waals surface area contributed by atoms with Crippen molar-refractivity contribution in [3.8, 4) is 11.5 Å². The molecule has 0 aliphatic heterocycles. The van der Waals surface area contributed by atoms with Crippen LogP contribution < -0.4 is 5.63 Å². The zero-order valence-electron chi connectivity index (χ0n) is 9.36. The molecule has 88 valence electrons. The molecule has 0 unspecified atom stereocenters. The van der Waals surface area contributed by atoms with Gasteiger partial charge in [-0.05, 0) is 25.0 Å². The number of fused-ring (bicyclic) bond motifs is 1. The summed E-state index contributed by atoms with van der Waals surface area (Å²) in [7, 11) is 0. The van der Waals surface area contributed by atoms with Crippen LogP contribution in [0.25, 0.3) is 11.0 Å². The Hall–Kier alpha value is -2.23. The van der Waals surface area contributed by atoms with Crippen molar-refractivity contribution in [2.24, 2.45) is 0 Å². The average Bonchev–Trinajstić information content (AvgIpc) is 2.26. The van der Waals surface area contributed by atoms with Gasteiger partial charge in [0.1, 0.15) is 5.58 Å². The van der Waals surface area contributed by atoms with Crippen molar-refractivity contribution in [3.05, 3.63) is 46.3 Å². The molecule has 17 heavy (non-hydrogen) atoms. The minimum absolute atomic E-state index is 0.230. The molecule has 1 aromatic carbocycles. The van der Waals surface area contributed by atoms with Crippen LogP contribution in [0.2, 0.25) is 0 Å². The average molecular weight is 232 g/mol. The van der Waals surface area contributed by atoms with E-state index in [4.69, 9.17) is 4.42 Å². The standard InChI is InChI=1S/C13H12O4/c1-3-4-8-12(16)10(14)6-9-7(2)5-11(15)17-13(8)9/h3,5-6,14,16H,1,4H2,2H3. The van der Waals surface area contributed by atoms with E-state index in [1.807, 2.05) is 0 Å². The molecule has 0 amide bonds. The molecule has 0 saturated carbocycles. The second kappa shape index (κ2) is 3.97. The van der Waals surface area contributed by atoms with Crippen LogP contribution in [0.1, 0.15) is 11.1 Å². The molecule has 0 radical (unpaired) electrons. The van der Waals surface area contributed by atoms with Gasteiger partial charge in [-0.25, -0.2) is 4.79 Å². The highest BCUT2D eigenvalue weighted by Crippen LogP contribution is 2.36. The van der Waals surface area contributed by atoms with Crippen molar-refractivity contribution >= 4 is 11.0 Å². The first-order valence-corrected chi connectivity index (χ1v) is 5.13. The monoisotopic (exact) mass is 232 g/mol. The van der Waals surface area contributed by atoms with Gasteiger partial charge in [0, 0.05) is 17.0 Å². The number of allylic oxidation sites excluding steroid dienone is 1. The highest BCUT2D eigenvalue weighted by atomic mass is 16.4. The molecular weight excluding hydrogens is 220 g/mol. The lowest BCUT2D eigenvalue weighted by Crippen LogP contribution is -2.00. The minimum atomic E-state index is -0.481. The summed E-state index contributed by atoms with van der Waals surface area (Å²) < 4.78 is 5.09. The summed E-state index contributed by atoms with van der Waals surface area (Å²) in [5.41, 5.74) is 0.878. The first-order chi connectivity index (χ1) is 8.04. The smallest absolute Gasteiger partial charge is 0.336 e. The van der Waals surface area contributed by atoms with Crippen molar-refractivity contribution in [2.45, 2.75) is 13.3 Å². The summed E-state index contributed by atoms with van der Waals surface area (Å²) in [4.78, 5) is 11.3. The Kier molecular flexibility index (Phi) is 2.63. The van der Waals surface area contributed by atoms with Crippen LogP contribution >= 0.6 is 0 Å². The van der Waals surface area contributed by atoms with Crippen LogP contribution in [-0.4, -0.2) is 10.2 Å². The van der Waals surface area contributed by atoms with Crippen molar-refractivity contribution in [1.29, 1.82) is 0 Å². The van der Waals surface area contributed by atoms with E-state index in [1.165, 1.54) is 12.1 Å². The van der Waals surface area contributed by atoms with Crippen LogP contribution in [0, 0.1) is 6.92 Å². The van der Waals surface area contributed by atoms with E-state index in [1.54, 1.807) is 13.0 Å². The van der Waals surface area contributed by atoms with Gasteiger partial charge >= 0.3 is 5.63 Å². The zero-order chi connectivity index (χ0) is 12.6. The van der Waals surface area contributed by atoms with E-state index in [2.05, 4.69) is 6.58 Å². The van der Waals surface area contributed by atoms with Gasteiger partial charge < -0.3 is 14.6 Å².